The van der Waals surface area contributed by atoms with Gasteiger partial charge in [-0.15, -0.1) is 0 Å². The second-order valence-corrected chi connectivity index (χ2v) is 5.00. The molecule has 0 atom stereocenters. The molecular formula is C12H14N4OS. The highest BCUT2D eigenvalue weighted by molar-refractivity contribution is 7.00. The van der Waals surface area contributed by atoms with E-state index in [4.69, 9.17) is 0 Å². The van der Waals surface area contributed by atoms with Crippen LogP contribution in [-0.4, -0.2) is 27.7 Å². The molecule has 1 aliphatic heterocycles. The van der Waals surface area contributed by atoms with Crippen LogP contribution in [0.25, 0.3) is 11.0 Å². The van der Waals surface area contributed by atoms with Crippen molar-refractivity contribution in [1.82, 2.24) is 8.75 Å². The van der Waals surface area contributed by atoms with Gasteiger partial charge in [-0.3, -0.25) is 4.79 Å². The van der Waals surface area contributed by atoms with E-state index in [0.717, 1.165) is 35.5 Å². The normalized spacial score (nSPS) is 15.3. The number of hydrogen-bond donors (Lipinski definition) is 1. The first-order valence-electron chi connectivity index (χ1n) is 6.03. The van der Waals surface area contributed by atoms with Crippen LogP contribution in [0.2, 0.25) is 0 Å². The van der Waals surface area contributed by atoms with E-state index < -0.39 is 0 Å². The summed E-state index contributed by atoms with van der Waals surface area (Å²) in [5.74, 6) is -0.0732. The van der Waals surface area contributed by atoms with E-state index >= 15 is 0 Å². The number of nitrogens with zero attached hydrogens (tertiary/aromatic N) is 3. The van der Waals surface area contributed by atoms with Crippen LogP contribution in [0.5, 0.6) is 0 Å². The fourth-order valence-electron chi connectivity index (χ4n) is 2.36. The lowest BCUT2D eigenvalue weighted by atomic mass is 10.2. The molecule has 0 radical (unpaired) electrons. The maximum absolute atomic E-state index is 11.4. The third kappa shape index (κ3) is 1.92. The zero-order chi connectivity index (χ0) is 12.5. The van der Waals surface area contributed by atoms with E-state index in [2.05, 4.69) is 19.0 Å². The topological polar surface area (TPSA) is 58.1 Å². The average Bonchev–Trinajstić information content (AvgIpc) is 2.99. The molecule has 1 aromatic heterocycles. The van der Waals surface area contributed by atoms with E-state index in [1.807, 2.05) is 12.1 Å². The Labute approximate surface area is 109 Å². The quantitative estimate of drug-likeness (QED) is 0.901. The van der Waals surface area contributed by atoms with Crippen LogP contribution in [0.15, 0.2) is 12.1 Å². The molecule has 2 heterocycles. The van der Waals surface area contributed by atoms with Crippen molar-refractivity contribution in [3.8, 4) is 0 Å². The Morgan fingerprint density at radius 2 is 2.11 bits per heavy atom. The zero-order valence-electron chi connectivity index (χ0n) is 10.1. The number of rotatable bonds is 2. The summed E-state index contributed by atoms with van der Waals surface area (Å²) in [6, 6.07) is 4.00. The SMILES string of the molecule is CC(=O)Nc1c(N2CCCC2)ccc2nsnc12. The molecule has 0 unspecified atom stereocenters. The van der Waals surface area contributed by atoms with Crippen molar-refractivity contribution in [2.75, 3.05) is 23.3 Å². The van der Waals surface area contributed by atoms with Gasteiger partial charge in [-0.2, -0.15) is 8.75 Å². The number of amides is 1. The summed E-state index contributed by atoms with van der Waals surface area (Å²) in [5.41, 5.74) is 3.49. The molecule has 3 rings (SSSR count). The minimum atomic E-state index is -0.0732. The number of nitrogens with one attached hydrogen (secondary N) is 1. The third-order valence-electron chi connectivity index (χ3n) is 3.15. The Morgan fingerprint density at radius 1 is 1.33 bits per heavy atom. The fraction of sp³-hybridized carbons (Fsp3) is 0.417. The second kappa shape index (κ2) is 4.53. The Hall–Kier alpha value is -1.69. The first-order chi connectivity index (χ1) is 8.75. The molecule has 1 aliphatic rings. The van der Waals surface area contributed by atoms with Crippen molar-refractivity contribution in [2.24, 2.45) is 0 Å². The van der Waals surface area contributed by atoms with Gasteiger partial charge in [-0.25, -0.2) is 0 Å². The molecular weight excluding hydrogens is 248 g/mol. The number of fused-ring (bicyclic) bond motifs is 1. The standard InChI is InChI=1S/C12H14N4OS/c1-8(17)13-12-10(16-6-2-3-7-16)5-4-9-11(12)15-18-14-9/h4-5H,2-3,6-7H2,1H3,(H,13,17). The van der Waals surface area contributed by atoms with Crippen molar-refractivity contribution in [3.05, 3.63) is 12.1 Å². The monoisotopic (exact) mass is 262 g/mol. The minimum Gasteiger partial charge on any atom is -0.370 e. The Bertz CT molecular complexity index is 589. The van der Waals surface area contributed by atoms with Crippen LogP contribution in [0, 0.1) is 0 Å². The molecule has 1 fully saturated rings. The molecule has 1 aromatic carbocycles. The van der Waals surface area contributed by atoms with E-state index in [9.17, 15) is 4.79 Å². The number of carbonyl (C=O) groups is 1. The lowest BCUT2D eigenvalue weighted by Gasteiger charge is -2.21. The van der Waals surface area contributed by atoms with E-state index in [-0.39, 0.29) is 5.91 Å². The molecule has 94 valence electrons. The fourth-order valence-corrected chi connectivity index (χ4v) is 2.90. The van der Waals surface area contributed by atoms with Gasteiger partial charge >= 0.3 is 0 Å². The van der Waals surface area contributed by atoms with Crippen molar-refractivity contribution >= 4 is 40.0 Å². The van der Waals surface area contributed by atoms with Gasteiger partial charge in [0.2, 0.25) is 5.91 Å². The molecule has 1 N–H and O–H groups in total. The summed E-state index contributed by atoms with van der Waals surface area (Å²) in [4.78, 5) is 13.7. The highest BCUT2D eigenvalue weighted by Gasteiger charge is 2.19. The van der Waals surface area contributed by atoms with Gasteiger partial charge in [0.15, 0.2) is 0 Å². The molecule has 2 aromatic rings. The van der Waals surface area contributed by atoms with Gasteiger partial charge in [-0.05, 0) is 25.0 Å². The predicted molar refractivity (Wildman–Crippen MR) is 73.2 cm³/mol. The number of aromatic nitrogens is 2. The van der Waals surface area contributed by atoms with Gasteiger partial charge in [0.25, 0.3) is 0 Å². The number of benzene rings is 1. The van der Waals surface area contributed by atoms with Gasteiger partial charge in [-0.1, -0.05) is 0 Å². The number of anilines is 2. The molecule has 0 bridgehead atoms. The molecule has 0 spiro atoms. The van der Waals surface area contributed by atoms with Crippen molar-refractivity contribution in [2.45, 2.75) is 19.8 Å². The summed E-state index contributed by atoms with van der Waals surface area (Å²) in [7, 11) is 0. The minimum absolute atomic E-state index is 0.0732. The van der Waals surface area contributed by atoms with Gasteiger partial charge in [0.05, 0.1) is 23.1 Å². The van der Waals surface area contributed by atoms with Crippen LogP contribution in [0.1, 0.15) is 19.8 Å². The van der Waals surface area contributed by atoms with Crippen molar-refractivity contribution < 1.29 is 4.79 Å². The van der Waals surface area contributed by atoms with E-state index in [1.165, 1.54) is 31.5 Å². The largest absolute Gasteiger partial charge is 0.370 e. The van der Waals surface area contributed by atoms with Crippen LogP contribution in [0.4, 0.5) is 11.4 Å². The molecule has 1 saturated heterocycles. The number of hydrogen-bond acceptors (Lipinski definition) is 5. The number of carbonyl (C=O) groups excluding carboxylic acids is 1. The van der Waals surface area contributed by atoms with Gasteiger partial charge in [0.1, 0.15) is 11.0 Å². The lowest BCUT2D eigenvalue weighted by molar-refractivity contribution is -0.114. The van der Waals surface area contributed by atoms with E-state index in [1.54, 1.807) is 0 Å². The summed E-state index contributed by atoms with van der Waals surface area (Å²) in [6.07, 6.45) is 2.40. The highest BCUT2D eigenvalue weighted by Crippen LogP contribution is 2.34. The maximum atomic E-state index is 11.4. The molecule has 18 heavy (non-hydrogen) atoms. The Morgan fingerprint density at radius 3 is 2.83 bits per heavy atom. The first-order valence-corrected chi connectivity index (χ1v) is 6.76. The Kier molecular flexibility index (Phi) is 2.87. The zero-order valence-corrected chi connectivity index (χ0v) is 11.0. The van der Waals surface area contributed by atoms with Crippen LogP contribution in [-0.2, 0) is 4.79 Å². The lowest BCUT2D eigenvalue weighted by Crippen LogP contribution is -2.20. The summed E-state index contributed by atoms with van der Waals surface area (Å²) >= 11 is 1.18. The molecule has 0 saturated carbocycles. The summed E-state index contributed by atoms with van der Waals surface area (Å²) in [6.45, 7) is 3.59. The van der Waals surface area contributed by atoms with Gasteiger partial charge in [0, 0.05) is 20.0 Å². The maximum Gasteiger partial charge on any atom is 0.221 e. The molecule has 1 amide bonds. The second-order valence-electron chi connectivity index (χ2n) is 4.47. The van der Waals surface area contributed by atoms with E-state index in [0.29, 0.717) is 0 Å². The highest BCUT2D eigenvalue weighted by atomic mass is 32.1. The van der Waals surface area contributed by atoms with Crippen molar-refractivity contribution in [3.63, 3.8) is 0 Å². The Balaban J connectivity index is 2.13. The van der Waals surface area contributed by atoms with Crippen LogP contribution in [0.3, 0.4) is 0 Å². The molecule has 0 aliphatic carbocycles. The smallest absolute Gasteiger partial charge is 0.221 e. The average molecular weight is 262 g/mol. The van der Waals surface area contributed by atoms with Gasteiger partial charge < -0.3 is 10.2 Å². The molecule has 5 nitrogen and oxygen atoms in total. The predicted octanol–water partition coefficient (Wildman–Crippen LogP) is 2.25. The van der Waals surface area contributed by atoms with Crippen LogP contribution >= 0.6 is 11.7 Å². The summed E-state index contributed by atoms with van der Waals surface area (Å²) in [5, 5.41) is 2.90. The molecule has 6 heteroatoms. The van der Waals surface area contributed by atoms with Crippen molar-refractivity contribution in [1.29, 1.82) is 0 Å². The van der Waals surface area contributed by atoms with Crippen LogP contribution < -0.4 is 10.2 Å². The summed E-state index contributed by atoms with van der Waals surface area (Å²) < 4.78 is 8.51. The third-order valence-corrected chi connectivity index (χ3v) is 3.70. The first kappa shape index (κ1) is 11.4.